The molecular formula is C21H20FN7O2. The minimum Gasteiger partial charge on any atom is -0.493 e. The van der Waals surface area contributed by atoms with E-state index in [2.05, 4.69) is 25.9 Å². The summed E-state index contributed by atoms with van der Waals surface area (Å²) in [7, 11) is 3.70. The number of nitrogens with one attached hydrogen (secondary N) is 2. The summed E-state index contributed by atoms with van der Waals surface area (Å²) in [5, 5.41) is 19.3. The van der Waals surface area contributed by atoms with Crippen LogP contribution in [0.1, 0.15) is 17.0 Å². The molecule has 31 heavy (non-hydrogen) atoms. The molecule has 0 bridgehead atoms. The molecule has 0 spiro atoms. The lowest BCUT2D eigenvalue weighted by molar-refractivity contribution is 0.249. The fourth-order valence-electron chi connectivity index (χ4n) is 4.41. The minimum atomic E-state index is -0.253. The van der Waals surface area contributed by atoms with Crippen molar-refractivity contribution in [3.63, 3.8) is 0 Å². The van der Waals surface area contributed by atoms with Crippen LogP contribution in [0.15, 0.2) is 30.6 Å². The molecule has 0 fully saturated rings. The van der Waals surface area contributed by atoms with Gasteiger partial charge in [0.25, 0.3) is 0 Å². The second-order valence-corrected chi connectivity index (χ2v) is 7.69. The molecular weight excluding hydrogens is 401 g/mol. The molecule has 0 amide bonds. The number of benzene rings is 1. The van der Waals surface area contributed by atoms with Crippen molar-refractivity contribution < 1.29 is 13.9 Å². The summed E-state index contributed by atoms with van der Waals surface area (Å²) in [5.74, 6) is 2.49. The van der Waals surface area contributed by atoms with Crippen molar-refractivity contribution in [3.05, 3.63) is 47.5 Å². The van der Waals surface area contributed by atoms with Gasteiger partial charge in [0.05, 0.1) is 24.8 Å². The van der Waals surface area contributed by atoms with Gasteiger partial charge in [0.2, 0.25) is 0 Å². The molecule has 1 aromatic carbocycles. The summed E-state index contributed by atoms with van der Waals surface area (Å²) in [6.45, 7) is 1.14. The van der Waals surface area contributed by atoms with E-state index in [-0.39, 0.29) is 11.7 Å². The van der Waals surface area contributed by atoms with E-state index in [0.29, 0.717) is 42.5 Å². The van der Waals surface area contributed by atoms with E-state index in [9.17, 15) is 4.39 Å². The van der Waals surface area contributed by atoms with Crippen LogP contribution in [0.3, 0.4) is 0 Å². The standard InChI is InChI=1S/C21H20FN7O2/c1-23-18-6-15(28(2)27-18)12-5-17-21(29-10-25-26-20(12)29)24-7-13-14(22)3-4-16-19(13)11(8-30-16)9-31-17/h3-6,10-11,24H,7-9H2,1-2H3,(H,23,27)/t11-/m0/s1. The van der Waals surface area contributed by atoms with Gasteiger partial charge in [-0.1, -0.05) is 0 Å². The number of fused-ring (bicyclic) bond motifs is 3. The van der Waals surface area contributed by atoms with Crippen LogP contribution in [-0.4, -0.2) is 44.6 Å². The summed E-state index contributed by atoms with van der Waals surface area (Å²) in [4.78, 5) is 0. The smallest absolute Gasteiger partial charge is 0.171 e. The Morgan fingerprint density at radius 2 is 2.03 bits per heavy atom. The van der Waals surface area contributed by atoms with Crippen molar-refractivity contribution in [3.8, 4) is 22.8 Å². The Hall–Kier alpha value is -3.82. The fourth-order valence-corrected chi connectivity index (χ4v) is 4.41. The van der Waals surface area contributed by atoms with E-state index in [1.807, 2.05) is 30.6 Å². The Bertz CT molecular complexity index is 1330. The van der Waals surface area contributed by atoms with Crippen LogP contribution in [0.4, 0.5) is 16.0 Å². The maximum absolute atomic E-state index is 14.7. The summed E-state index contributed by atoms with van der Waals surface area (Å²) in [6.07, 6.45) is 1.63. The van der Waals surface area contributed by atoms with Gasteiger partial charge >= 0.3 is 0 Å². The predicted molar refractivity (Wildman–Crippen MR) is 112 cm³/mol. The molecule has 10 heteroatoms. The van der Waals surface area contributed by atoms with Gasteiger partial charge in [-0.15, -0.1) is 10.2 Å². The Morgan fingerprint density at radius 1 is 1.19 bits per heavy atom. The molecule has 0 radical (unpaired) electrons. The van der Waals surface area contributed by atoms with Crippen LogP contribution < -0.4 is 20.1 Å². The third-order valence-electron chi connectivity index (χ3n) is 5.93. The van der Waals surface area contributed by atoms with Crippen molar-refractivity contribution >= 4 is 17.3 Å². The van der Waals surface area contributed by atoms with Crippen molar-refractivity contribution in [2.24, 2.45) is 7.05 Å². The summed E-state index contributed by atoms with van der Waals surface area (Å²) in [6, 6.07) is 7.03. The molecule has 4 aromatic rings. The Kier molecular flexibility index (Phi) is 3.83. The quantitative estimate of drug-likeness (QED) is 0.514. The number of ether oxygens (including phenoxy) is 2. The molecule has 2 N–H and O–H groups in total. The lowest BCUT2D eigenvalue weighted by Gasteiger charge is -2.16. The number of aromatic nitrogens is 5. The second-order valence-electron chi connectivity index (χ2n) is 7.69. The van der Waals surface area contributed by atoms with Crippen LogP contribution in [0, 0.1) is 5.82 Å². The fraction of sp³-hybridized carbons (Fsp3) is 0.286. The zero-order valence-corrected chi connectivity index (χ0v) is 17.0. The largest absolute Gasteiger partial charge is 0.493 e. The molecule has 158 valence electrons. The molecule has 2 aliphatic rings. The molecule has 0 unspecified atom stereocenters. The van der Waals surface area contributed by atoms with E-state index in [4.69, 9.17) is 9.47 Å². The van der Waals surface area contributed by atoms with Crippen LogP contribution in [-0.2, 0) is 13.6 Å². The van der Waals surface area contributed by atoms with Gasteiger partial charge in [-0.05, 0) is 18.2 Å². The molecule has 3 aromatic heterocycles. The highest BCUT2D eigenvalue weighted by atomic mass is 19.1. The van der Waals surface area contributed by atoms with Crippen LogP contribution in [0.25, 0.3) is 16.9 Å². The first-order valence-corrected chi connectivity index (χ1v) is 10.0. The van der Waals surface area contributed by atoms with Crippen molar-refractivity contribution in [2.75, 3.05) is 30.9 Å². The van der Waals surface area contributed by atoms with E-state index >= 15 is 0 Å². The van der Waals surface area contributed by atoms with Crippen LogP contribution in [0.2, 0.25) is 0 Å². The Labute approximate surface area is 176 Å². The van der Waals surface area contributed by atoms with Gasteiger partial charge in [0.1, 0.15) is 23.7 Å². The summed E-state index contributed by atoms with van der Waals surface area (Å²) < 4.78 is 30.4. The first-order chi connectivity index (χ1) is 15.1. The number of aryl methyl sites for hydroxylation is 1. The molecule has 5 heterocycles. The molecule has 9 nitrogen and oxygen atoms in total. The molecule has 0 saturated carbocycles. The lowest BCUT2D eigenvalue weighted by atomic mass is 9.96. The Balaban J connectivity index is 1.52. The normalized spacial score (nSPS) is 16.9. The van der Waals surface area contributed by atoms with Crippen molar-refractivity contribution in [1.82, 2.24) is 24.4 Å². The first kappa shape index (κ1) is 18.0. The van der Waals surface area contributed by atoms with Gasteiger partial charge in [-0.25, -0.2) is 4.39 Å². The SMILES string of the molecule is CNc1cc(-c2cc3c(n4cnnc24)NCc2c(F)ccc4c2[C@@H](CO4)CO3)n(C)n1. The Morgan fingerprint density at radius 3 is 2.84 bits per heavy atom. The number of anilines is 2. The van der Waals surface area contributed by atoms with Gasteiger partial charge < -0.3 is 20.1 Å². The summed E-state index contributed by atoms with van der Waals surface area (Å²) >= 11 is 0. The van der Waals surface area contributed by atoms with Crippen molar-refractivity contribution in [2.45, 2.75) is 12.5 Å². The maximum atomic E-state index is 14.7. The maximum Gasteiger partial charge on any atom is 0.171 e. The highest BCUT2D eigenvalue weighted by molar-refractivity contribution is 5.81. The second kappa shape index (κ2) is 6.59. The van der Waals surface area contributed by atoms with E-state index < -0.39 is 0 Å². The van der Waals surface area contributed by atoms with Crippen molar-refractivity contribution in [1.29, 1.82) is 0 Å². The van der Waals surface area contributed by atoms with E-state index in [1.165, 1.54) is 6.07 Å². The molecule has 0 saturated heterocycles. The predicted octanol–water partition coefficient (Wildman–Crippen LogP) is 2.79. The molecule has 2 aliphatic heterocycles. The van der Waals surface area contributed by atoms with E-state index in [1.54, 1.807) is 17.1 Å². The molecule has 6 rings (SSSR count). The number of hydrogen-bond acceptors (Lipinski definition) is 7. The zero-order chi connectivity index (χ0) is 21.1. The zero-order valence-electron chi connectivity index (χ0n) is 17.0. The first-order valence-electron chi connectivity index (χ1n) is 10.0. The third kappa shape index (κ3) is 2.64. The van der Waals surface area contributed by atoms with Crippen LogP contribution in [0.5, 0.6) is 11.5 Å². The van der Waals surface area contributed by atoms with Gasteiger partial charge in [0, 0.05) is 43.4 Å². The highest BCUT2D eigenvalue weighted by Crippen LogP contribution is 2.41. The molecule has 1 atom stereocenters. The lowest BCUT2D eigenvalue weighted by Crippen LogP contribution is -2.13. The summed E-state index contributed by atoms with van der Waals surface area (Å²) in [5.41, 5.74) is 3.84. The average molecular weight is 421 g/mol. The minimum absolute atomic E-state index is 0.0406. The number of hydrogen-bond donors (Lipinski definition) is 2. The number of rotatable bonds is 2. The van der Waals surface area contributed by atoms with E-state index in [0.717, 1.165) is 28.4 Å². The van der Waals surface area contributed by atoms with Gasteiger partial charge in [-0.2, -0.15) is 5.10 Å². The van der Waals surface area contributed by atoms with Gasteiger partial charge in [-0.3, -0.25) is 9.08 Å². The number of nitrogens with zero attached hydrogens (tertiary/aromatic N) is 5. The highest BCUT2D eigenvalue weighted by Gasteiger charge is 2.31. The molecule has 0 aliphatic carbocycles. The topological polar surface area (TPSA) is 90.5 Å². The average Bonchev–Trinajstić information content (AvgIpc) is 3.50. The monoisotopic (exact) mass is 421 g/mol. The van der Waals surface area contributed by atoms with Crippen LogP contribution >= 0.6 is 0 Å². The number of pyridine rings is 1. The third-order valence-corrected chi connectivity index (χ3v) is 5.93. The number of halogens is 1. The van der Waals surface area contributed by atoms with Gasteiger partial charge in [0.15, 0.2) is 17.2 Å².